The topological polar surface area (TPSA) is 235 Å². The summed E-state index contributed by atoms with van der Waals surface area (Å²) in [6.07, 6.45) is 5.19. The average molecular weight is 1130 g/mol. The van der Waals surface area contributed by atoms with Gasteiger partial charge < -0.3 is 30.7 Å². The predicted molar refractivity (Wildman–Crippen MR) is 284 cm³/mol. The van der Waals surface area contributed by atoms with Crippen molar-refractivity contribution in [3.05, 3.63) is 167 Å². The molecule has 3 aliphatic rings. The van der Waals surface area contributed by atoms with Gasteiger partial charge in [-0.25, -0.2) is 31.1 Å². The van der Waals surface area contributed by atoms with Gasteiger partial charge in [-0.1, -0.05) is 69.3 Å². The van der Waals surface area contributed by atoms with Gasteiger partial charge in [0.1, 0.15) is 28.2 Å². The molecule has 1 aliphatic carbocycles. The number of alkyl halides is 4. The minimum Gasteiger partial charge on any atom is -0.505 e. The lowest BCUT2D eigenvalue weighted by Gasteiger charge is -2.40. The minimum atomic E-state index is -3.91. The zero-order chi connectivity index (χ0) is 56.0. The number of nitrogens with zero attached hydrogens (tertiary/aromatic N) is 5. The molecule has 5 N–H and O–H groups in total. The predicted octanol–water partition coefficient (Wildman–Crippen LogP) is 8.65. The highest BCUT2D eigenvalue weighted by Crippen LogP contribution is 2.41. The summed E-state index contributed by atoms with van der Waals surface area (Å²) in [5, 5.41) is 36.4. The number of esters is 1. The highest BCUT2D eigenvalue weighted by atomic mass is 35.5. The third kappa shape index (κ3) is 11.4. The van der Waals surface area contributed by atoms with E-state index in [1.165, 1.54) is 80.0 Å². The number of anilines is 1. The number of aromatic nitrogens is 4. The Hall–Kier alpha value is -8.31. The largest absolute Gasteiger partial charge is 0.505 e. The second-order valence-electron chi connectivity index (χ2n) is 19.2. The quantitative estimate of drug-likeness (QED) is 0.0390. The first kappa shape index (κ1) is 59.4. The van der Waals surface area contributed by atoms with Gasteiger partial charge >= 0.3 is 5.97 Å². The summed E-state index contributed by atoms with van der Waals surface area (Å²) in [6.45, 7) is -3.39. The van der Waals surface area contributed by atoms with Crippen LogP contribution in [0.3, 0.4) is 0 Å². The van der Waals surface area contributed by atoms with Crippen LogP contribution in [-0.4, -0.2) is 108 Å². The number of carbonyl (C=O) groups excluding carboxylic acids is 4. The van der Waals surface area contributed by atoms with Crippen LogP contribution in [0.2, 0.25) is 5.02 Å². The normalized spacial score (nSPS) is 14.8. The van der Waals surface area contributed by atoms with Crippen LogP contribution in [0.1, 0.15) is 105 Å². The van der Waals surface area contributed by atoms with E-state index in [0.29, 0.717) is 39.0 Å². The molecule has 0 atom stereocenters. The molecule has 4 aromatic heterocycles. The van der Waals surface area contributed by atoms with Crippen molar-refractivity contribution in [2.24, 2.45) is 5.41 Å². The van der Waals surface area contributed by atoms with E-state index in [-0.39, 0.29) is 85.9 Å². The zero-order valence-electron chi connectivity index (χ0n) is 41.1. The Balaban J connectivity index is 0.000000228. The molecule has 24 heteroatoms. The van der Waals surface area contributed by atoms with E-state index in [1.54, 1.807) is 12.1 Å². The van der Waals surface area contributed by atoms with Crippen LogP contribution in [-0.2, 0) is 30.7 Å². The molecule has 0 unspecified atom stereocenters. The van der Waals surface area contributed by atoms with E-state index in [4.69, 9.17) is 16.3 Å². The Labute approximate surface area is 457 Å². The molecule has 2 aliphatic heterocycles. The van der Waals surface area contributed by atoms with E-state index in [2.05, 4.69) is 20.6 Å². The van der Waals surface area contributed by atoms with Gasteiger partial charge in [-0.2, -0.15) is 0 Å². The van der Waals surface area contributed by atoms with Crippen LogP contribution in [0.5, 0.6) is 11.5 Å². The standard InChI is InChI=1S/C29H21ClF3N3O6.C25H25F3N4O4.2CH4/c1-2-42-28(41)20-24(37)22-23(21(30)16(12-34-22)11-15-7-9-17(31)10-8-15)35(27(20)40)13-29(32,33)14-36-25(38)18-5-3-4-6-19(18)26(36)39;26-16-4-2-14(3-5-16)8-15-9-29-19-20-18(15)30-11-25(27,28)12-32(20)23(36)17(21(19)34)22(35)31-10-24(13-33)6-1-7-24;;/h3-10,12,37H,2,11,13-14H2,1H3;2-5,9,30,33-34H,1,6-8,10-13H2,(H,31,35);2*1H4. The Bertz CT molecular complexity index is 3660. The number of hydrogen-bond donors (Lipinski definition) is 5. The summed E-state index contributed by atoms with van der Waals surface area (Å²) in [6, 6.07) is 16.7. The number of imide groups is 1. The summed E-state index contributed by atoms with van der Waals surface area (Å²) in [5.41, 5.74) is -3.42. The molecule has 0 saturated heterocycles. The maximum absolute atomic E-state index is 15.7. The van der Waals surface area contributed by atoms with Crippen LogP contribution in [0, 0.1) is 17.0 Å². The molecule has 3 aromatic carbocycles. The summed E-state index contributed by atoms with van der Waals surface area (Å²) < 4.78 is 93.5. The van der Waals surface area contributed by atoms with Gasteiger partial charge in [-0.05, 0) is 72.9 Å². The van der Waals surface area contributed by atoms with Crippen LogP contribution in [0.15, 0.2) is 94.8 Å². The molecule has 10 rings (SSSR count). The van der Waals surface area contributed by atoms with Crippen molar-refractivity contribution >= 4 is 63.0 Å². The number of amides is 3. The molecule has 0 radical (unpaired) electrons. The van der Waals surface area contributed by atoms with Crippen molar-refractivity contribution in [3.63, 3.8) is 0 Å². The molecule has 422 valence electrons. The van der Waals surface area contributed by atoms with Crippen molar-refractivity contribution in [3.8, 4) is 11.5 Å². The number of pyridine rings is 4. The molecule has 3 amide bonds. The molecule has 0 bridgehead atoms. The molecular weight excluding hydrogens is 1080 g/mol. The maximum Gasteiger partial charge on any atom is 0.347 e. The van der Waals surface area contributed by atoms with Crippen LogP contribution >= 0.6 is 11.6 Å². The van der Waals surface area contributed by atoms with E-state index in [1.807, 2.05) is 0 Å². The first-order chi connectivity index (χ1) is 37.1. The second kappa shape index (κ2) is 23.2. The number of aromatic hydroxyl groups is 2. The van der Waals surface area contributed by atoms with E-state index in [9.17, 15) is 61.6 Å². The fraction of sp³-hybridized carbons (Fsp3) is 0.321. The van der Waals surface area contributed by atoms with Crippen LogP contribution in [0.25, 0.3) is 22.1 Å². The number of aliphatic hydroxyl groups is 1. The molecule has 17 nitrogen and oxygen atoms in total. The monoisotopic (exact) mass is 1130 g/mol. The summed E-state index contributed by atoms with van der Waals surface area (Å²) in [5.74, 6) is -13.8. The number of hydrogen-bond acceptors (Lipinski definition) is 13. The third-order valence-electron chi connectivity index (χ3n) is 13.8. The highest BCUT2D eigenvalue weighted by molar-refractivity contribution is 6.36. The van der Waals surface area contributed by atoms with Crippen molar-refractivity contribution in [1.82, 2.24) is 29.3 Å². The van der Waals surface area contributed by atoms with Crippen molar-refractivity contribution in [2.45, 2.75) is 78.8 Å². The lowest BCUT2D eigenvalue weighted by Crippen LogP contribution is -2.46. The minimum absolute atomic E-state index is 0. The van der Waals surface area contributed by atoms with Gasteiger partial charge in [-0.3, -0.25) is 48.0 Å². The molecule has 1 fully saturated rings. The smallest absolute Gasteiger partial charge is 0.347 e. The molecular formula is C56H54ClF6N7O10. The average Bonchev–Trinajstić information content (AvgIpc) is 3.67. The Kier molecular flexibility index (Phi) is 17.2. The maximum atomic E-state index is 15.7. The van der Waals surface area contributed by atoms with Gasteiger partial charge in [0, 0.05) is 42.8 Å². The number of nitrogens with one attached hydrogen (secondary N) is 2. The zero-order valence-corrected chi connectivity index (χ0v) is 41.9. The van der Waals surface area contributed by atoms with Crippen molar-refractivity contribution in [1.29, 1.82) is 0 Å². The second-order valence-corrected chi connectivity index (χ2v) is 19.6. The van der Waals surface area contributed by atoms with Crippen molar-refractivity contribution < 1.29 is 65.6 Å². The number of benzene rings is 3. The first-order valence-electron chi connectivity index (χ1n) is 24.3. The van der Waals surface area contributed by atoms with Crippen LogP contribution < -0.4 is 21.8 Å². The lowest BCUT2D eigenvalue weighted by atomic mass is 9.69. The fourth-order valence-electron chi connectivity index (χ4n) is 9.64. The van der Waals surface area contributed by atoms with E-state index >= 15 is 8.78 Å². The summed E-state index contributed by atoms with van der Waals surface area (Å²) >= 11 is 6.61. The molecule has 7 aromatic rings. The first-order valence-corrected chi connectivity index (χ1v) is 24.6. The number of ether oxygens (including phenoxy) is 1. The fourth-order valence-corrected chi connectivity index (χ4v) is 9.95. The van der Waals surface area contributed by atoms with E-state index < -0.39 is 124 Å². The van der Waals surface area contributed by atoms with Gasteiger partial charge in [0.2, 0.25) is 0 Å². The summed E-state index contributed by atoms with van der Waals surface area (Å²) in [7, 11) is 0. The van der Waals surface area contributed by atoms with Gasteiger partial charge in [0.05, 0.1) is 72.3 Å². The Morgan fingerprint density at radius 1 is 0.787 bits per heavy atom. The number of carbonyl (C=O) groups is 4. The third-order valence-corrected chi connectivity index (χ3v) is 14.3. The van der Waals surface area contributed by atoms with E-state index in [0.717, 1.165) is 11.0 Å². The number of fused-ring (bicyclic) bond motifs is 2. The number of aliphatic hydroxyl groups excluding tert-OH is 1. The Morgan fingerprint density at radius 3 is 1.86 bits per heavy atom. The molecule has 1 saturated carbocycles. The van der Waals surface area contributed by atoms with Crippen molar-refractivity contribution in [2.75, 3.05) is 38.2 Å². The number of halogens is 7. The van der Waals surface area contributed by atoms with Gasteiger partial charge in [-0.15, -0.1) is 0 Å². The van der Waals surface area contributed by atoms with Gasteiger partial charge in [0.15, 0.2) is 17.1 Å². The van der Waals surface area contributed by atoms with Crippen LogP contribution in [0.4, 0.5) is 32.0 Å². The molecule has 6 heterocycles. The summed E-state index contributed by atoms with van der Waals surface area (Å²) in [4.78, 5) is 86.6. The van der Waals surface area contributed by atoms with Gasteiger partial charge in [0.25, 0.3) is 40.7 Å². The Morgan fingerprint density at radius 2 is 1.32 bits per heavy atom. The highest BCUT2D eigenvalue weighted by Gasteiger charge is 2.44. The lowest BCUT2D eigenvalue weighted by molar-refractivity contribution is -0.0359. The molecule has 0 spiro atoms. The SMILES string of the molecule is C.C.CCOC(=O)c1c(O)c2ncc(Cc3ccc(F)cc3)c(Cl)c2n(CC(F)(F)CN2C(=O)c3ccccc3C2=O)c1=O.O=C(NCC1(CO)CCC1)c1c(O)c2ncc(Cc3ccc(F)cc3)c3c2n(c1=O)CC(F)(F)CN3. The molecule has 80 heavy (non-hydrogen) atoms. The number of rotatable bonds is 14.